The molecule has 1 fully saturated rings. The number of esters is 1. The molecule has 1 aromatic heterocycles. The lowest BCUT2D eigenvalue weighted by atomic mass is 9.82. The van der Waals surface area contributed by atoms with Gasteiger partial charge in [0.25, 0.3) is 0 Å². The molecule has 0 unspecified atom stereocenters. The van der Waals surface area contributed by atoms with Gasteiger partial charge in [-0.1, -0.05) is 29.6 Å². The van der Waals surface area contributed by atoms with E-state index in [-0.39, 0.29) is 10.7 Å². The number of hydrogen-bond donors (Lipinski definition) is 0. The molecular formula is C12H13Cl2NO2. The summed E-state index contributed by atoms with van der Waals surface area (Å²) in [5, 5.41) is 0.722. The van der Waals surface area contributed by atoms with Gasteiger partial charge in [0.05, 0.1) is 17.8 Å². The van der Waals surface area contributed by atoms with Crippen LogP contribution in [-0.2, 0) is 4.74 Å². The minimum absolute atomic E-state index is 0.181. The summed E-state index contributed by atoms with van der Waals surface area (Å²) in [4.78, 5) is 15.8. The van der Waals surface area contributed by atoms with Crippen LogP contribution in [0.5, 0.6) is 0 Å². The molecule has 0 amide bonds. The van der Waals surface area contributed by atoms with Crippen LogP contribution in [0.1, 0.15) is 46.8 Å². The molecule has 0 atom stereocenters. The summed E-state index contributed by atoms with van der Waals surface area (Å²) < 4.78 is 4.67. The standard InChI is InChI=1S/C12H13Cl2NO2/c1-6-8(12(16)17-2)11(14)15-10(9(6)13)7-4-3-5-7/h7H,3-5H2,1-2H3. The quantitative estimate of drug-likeness (QED) is 0.609. The number of hydrogen-bond acceptors (Lipinski definition) is 3. The molecule has 0 spiro atoms. The largest absolute Gasteiger partial charge is 0.465 e. The van der Waals surface area contributed by atoms with E-state index in [0.29, 0.717) is 16.5 Å². The molecule has 0 saturated heterocycles. The van der Waals surface area contributed by atoms with Gasteiger partial charge >= 0.3 is 5.97 Å². The van der Waals surface area contributed by atoms with Gasteiger partial charge in [-0.2, -0.15) is 0 Å². The number of halogens is 2. The fourth-order valence-corrected chi connectivity index (χ4v) is 2.56. The Morgan fingerprint density at radius 3 is 2.53 bits per heavy atom. The molecule has 0 bridgehead atoms. The molecule has 92 valence electrons. The first-order valence-corrected chi connectivity index (χ1v) is 6.25. The van der Waals surface area contributed by atoms with Crippen LogP contribution in [0.4, 0.5) is 0 Å². The van der Waals surface area contributed by atoms with Crippen LogP contribution in [0.15, 0.2) is 0 Å². The Balaban J connectivity index is 2.51. The Morgan fingerprint density at radius 2 is 2.06 bits per heavy atom. The average Bonchev–Trinajstić information content (AvgIpc) is 2.22. The first-order chi connectivity index (χ1) is 8.06. The summed E-state index contributed by atoms with van der Waals surface area (Å²) in [6.45, 7) is 1.77. The van der Waals surface area contributed by atoms with Crippen molar-refractivity contribution in [3.05, 3.63) is 27.0 Å². The Kier molecular flexibility index (Phi) is 3.59. The Bertz CT molecular complexity index is 470. The van der Waals surface area contributed by atoms with Crippen LogP contribution in [0, 0.1) is 6.92 Å². The Hall–Kier alpha value is -0.800. The maximum Gasteiger partial charge on any atom is 0.341 e. The van der Waals surface area contributed by atoms with E-state index in [9.17, 15) is 4.79 Å². The van der Waals surface area contributed by atoms with Gasteiger partial charge in [0.15, 0.2) is 0 Å². The molecule has 2 rings (SSSR count). The zero-order valence-electron chi connectivity index (χ0n) is 9.72. The zero-order valence-corrected chi connectivity index (χ0v) is 11.2. The molecule has 0 aliphatic heterocycles. The van der Waals surface area contributed by atoms with E-state index >= 15 is 0 Å². The van der Waals surface area contributed by atoms with E-state index in [4.69, 9.17) is 23.2 Å². The van der Waals surface area contributed by atoms with Gasteiger partial charge in [-0.3, -0.25) is 0 Å². The van der Waals surface area contributed by atoms with Crippen molar-refractivity contribution in [3.63, 3.8) is 0 Å². The van der Waals surface area contributed by atoms with Crippen LogP contribution < -0.4 is 0 Å². The van der Waals surface area contributed by atoms with Crippen LogP contribution >= 0.6 is 23.2 Å². The van der Waals surface area contributed by atoms with Crippen molar-refractivity contribution in [3.8, 4) is 0 Å². The number of pyridine rings is 1. The number of ether oxygens (including phenoxy) is 1. The third-order valence-electron chi connectivity index (χ3n) is 3.24. The summed E-state index contributed by atoms with van der Waals surface area (Å²) in [6.07, 6.45) is 3.36. The highest BCUT2D eigenvalue weighted by molar-refractivity contribution is 6.35. The van der Waals surface area contributed by atoms with Crippen molar-refractivity contribution >= 4 is 29.2 Å². The monoisotopic (exact) mass is 273 g/mol. The number of carbonyl (C=O) groups excluding carboxylic acids is 1. The van der Waals surface area contributed by atoms with Gasteiger partial charge in [0, 0.05) is 5.92 Å². The lowest BCUT2D eigenvalue weighted by molar-refractivity contribution is 0.0599. The number of rotatable bonds is 2. The van der Waals surface area contributed by atoms with E-state index in [1.54, 1.807) is 6.92 Å². The predicted molar refractivity (Wildman–Crippen MR) is 66.9 cm³/mol. The second-order valence-electron chi connectivity index (χ2n) is 4.22. The maximum absolute atomic E-state index is 11.6. The molecule has 1 heterocycles. The molecule has 3 nitrogen and oxygen atoms in total. The number of aromatic nitrogens is 1. The lowest BCUT2D eigenvalue weighted by Crippen LogP contribution is -2.15. The minimum Gasteiger partial charge on any atom is -0.465 e. The third-order valence-corrected chi connectivity index (χ3v) is 3.99. The molecule has 5 heteroatoms. The molecule has 1 saturated carbocycles. The molecule has 17 heavy (non-hydrogen) atoms. The molecule has 1 aliphatic rings. The second-order valence-corrected chi connectivity index (χ2v) is 4.96. The van der Waals surface area contributed by atoms with Gasteiger partial charge in [-0.15, -0.1) is 0 Å². The van der Waals surface area contributed by atoms with Crippen molar-refractivity contribution < 1.29 is 9.53 Å². The van der Waals surface area contributed by atoms with Gasteiger partial charge in [-0.25, -0.2) is 9.78 Å². The van der Waals surface area contributed by atoms with E-state index < -0.39 is 5.97 Å². The van der Waals surface area contributed by atoms with E-state index in [2.05, 4.69) is 9.72 Å². The van der Waals surface area contributed by atoms with Gasteiger partial charge in [-0.05, 0) is 25.3 Å². The van der Waals surface area contributed by atoms with Crippen molar-refractivity contribution in [1.82, 2.24) is 4.98 Å². The smallest absolute Gasteiger partial charge is 0.341 e. The summed E-state index contributed by atoms with van der Waals surface area (Å²) >= 11 is 12.3. The molecule has 0 N–H and O–H groups in total. The Labute approximate surface area is 110 Å². The van der Waals surface area contributed by atoms with Crippen LogP contribution in [0.25, 0.3) is 0 Å². The van der Waals surface area contributed by atoms with Crippen LogP contribution in [0.2, 0.25) is 10.2 Å². The molecule has 1 aromatic rings. The van der Waals surface area contributed by atoms with Gasteiger partial charge in [0.1, 0.15) is 10.7 Å². The minimum atomic E-state index is -0.498. The molecule has 0 radical (unpaired) electrons. The van der Waals surface area contributed by atoms with E-state index in [1.807, 2.05) is 0 Å². The summed E-state index contributed by atoms with van der Waals surface area (Å²) in [6, 6.07) is 0. The zero-order chi connectivity index (χ0) is 12.6. The molecule has 1 aliphatic carbocycles. The fourth-order valence-electron chi connectivity index (χ4n) is 1.96. The van der Waals surface area contributed by atoms with Crippen molar-refractivity contribution in [2.24, 2.45) is 0 Å². The normalized spacial score (nSPS) is 15.5. The van der Waals surface area contributed by atoms with Crippen molar-refractivity contribution in [1.29, 1.82) is 0 Å². The predicted octanol–water partition coefficient (Wildman–Crippen LogP) is 3.75. The first-order valence-electron chi connectivity index (χ1n) is 5.50. The van der Waals surface area contributed by atoms with Gasteiger partial charge < -0.3 is 4.74 Å². The third kappa shape index (κ3) is 2.14. The average molecular weight is 274 g/mol. The first kappa shape index (κ1) is 12.7. The molecular weight excluding hydrogens is 261 g/mol. The van der Waals surface area contributed by atoms with Crippen LogP contribution in [0.3, 0.4) is 0 Å². The number of methoxy groups -OCH3 is 1. The highest BCUT2D eigenvalue weighted by Gasteiger charge is 2.28. The van der Waals surface area contributed by atoms with Crippen LogP contribution in [-0.4, -0.2) is 18.1 Å². The maximum atomic E-state index is 11.6. The summed E-state index contributed by atoms with van der Waals surface area (Å²) in [5.41, 5.74) is 1.73. The Morgan fingerprint density at radius 1 is 1.41 bits per heavy atom. The summed E-state index contributed by atoms with van der Waals surface area (Å²) in [7, 11) is 1.31. The van der Waals surface area contributed by atoms with E-state index in [0.717, 1.165) is 18.5 Å². The second kappa shape index (κ2) is 4.83. The lowest BCUT2D eigenvalue weighted by Gasteiger charge is -2.26. The highest BCUT2D eigenvalue weighted by Crippen LogP contribution is 2.41. The van der Waals surface area contributed by atoms with Gasteiger partial charge in [0.2, 0.25) is 0 Å². The van der Waals surface area contributed by atoms with Crippen molar-refractivity contribution in [2.75, 3.05) is 7.11 Å². The van der Waals surface area contributed by atoms with Crippen molar-refractivity contribution in [2.45, 2.75) is 32.1 Å². The summed E-state index contributed by atoms with van der Waals surface area (Å²) in [5.74, 6) is -0.118. The molecule has 0 aromatic carbocycles. The number of carbonyl (C=O) groups is 1. The SMILES string of the molecule is COC(=O)c1c(Cl)nc(C2CCC2)c(Cl)c1C. The fraction of sp³-hybridized carbons (Fsp3) is 0.500. The number of nitrogens with zero attached hydrogens (tertiary/aromatic N) is 1. The topological polar surface area (TPSA) is 39.2 Å². The highest BCUT2D eigenvalue weighted by atomic mass is 35.5. The van der Waals surface area contributed by atoms with E-state index in [1.165, 1.54) is 13.5 Å².